The molecule has 0 spiro atoms. The van der Waals surface area contributed by atoms with Crippen LogP contribution in [0.15, 0.2) is 29.4 Å². The Balaban J connectivity index is 1.81. The summed E-state index contributed by atoms with van der Waals surface area (Å²) in [4.78, 5) is 49.5. The van der Waals surface area contributed by atoms with Crippen molar-refractivity contribution in [1.29, 1.82) is 0 Å². The summed E-state index contributed by atoms with van der Waals surface area (Å²) >= 11 is 1.43. The zero-order valence-corrected chi connectivity index (χ0v) is 15.9. The van der Waals surface area contributed by atoms with Crippen molar-refractivity contribution in [3.05, 3.63) is 29.2 Å². The Morgan fingerprint density at radius 2 is 2.07 bits per heavy atom. The van der Waals surface area contributed by atoms with Crippen LogP contribution in [0.2, 0.25) is 0 Å². The van der Waals surface area contributed by atoms with Gasteiger partial charge in [-0.05, 0) is 31.2 Å². The van der Waals surface area contributed by atoms with Gasteiger partial charge in [0.25, 0.3) is 5.91 Å². The average molecular weight is 393 g/mol. The average Bonchev–Trinajstić information content (AvgIpc) is 2.82. The molecule has 10 heteroatoms. The van der Waals surface area contributed by atoms with Crippen LogP contribution in [0.25, 0.3) is 0 Å². The molecule has 2 aliphatic rings. The second kappa shape index (κ2) is 6.84. The number of carbonyl (C=O) groups excluding carboxylic acids is 3. The highest BCUT2D eigenvalue weighted by Gasteiger charge is 2.70. The molecule has 1 aromatic rings. The minimum Gasteiger partial charge on any atom is -0.481 e. The van der Waals surface area contributed by atoms with Crippen LogP contribution in [0.1, 0.15) is 20.3 Å². The van der Waals surface area contributed by atoms with Crippen molar-refractivity contribution in [2.45, 2.75) is 36.1 Å². The van der Waals surface area contributed by atoms with Gasteiger partial charge in [-0.3, -0.25) is 14.5 Å². The highest BCUT2D eigenvalue weighted by molar-refractivity contribution is 8.01. The predicted octanol–water partition coefficient (Wildman–Crippen LogP) is 1.53. The highest BCUT2D eigenvalue weighted by atomic mass is 32.2. The summed E-state index contributed by atoms with van der Waals surface area (Å²) < 4.78 is 9.47. The van der Waals surface area contributed by atoms with E-state index in [1.807, 2.05) is 0 Å². The van der Waals surface area contributed by atoms with Crippen molar-refractivity contribution in [3.63, 3.8) is 0 Å². The summed E-state index contributed by atoms with van der Waals surface area (Å²) in [5, 5.41) is 5.27. The maximum absolute atomic E-state index is 12.7. The molecule has 2 aliphatic heterocycles. The normalized spacial score (nSPS) is 25.2. The van der Waals surface area contributed by atoms with Gasteiger partial charge in [0.1, 0.15) is 11.4 Å². The van der Waals surface area contributed by atoms with E-state index in [4.69, 9.17) is 9.47 Å². The molecule has 0 unspecified atom stereocenters. The molecule has 0 saturated carbocycles. The lowest BCUT2D eigenvalue weighted by molar-refractivity contribution is -0.175. The van der Waals surface area contributed by atoms with E-state index in [0.29, 0.717) is 6.42 Å². The number of benzene rings is 1. The van der Waals surface area contributed by atoms with Gasteiger partial charge in [0.15, 0.2) is 6.61 Å². The van der Waals surface area contributed by atoms with Crippen molar-refractivity contribution in [3.8, 4) is 5.75 Å². The van der Waals surface area contributed by atoms with Gasteiger partial charge in [0.2, 0.25) is 11.6 Å². The first-order chi connectivity index (χ1) is 12.8. The number of ether oxygens (including phenoxy) is 2. The van der Waals surface area contributed by atoms with Crippen molar-refractivity contribution >= 4 is 35.2 Å². The van der Waals surface area contributed by atoms with Gasteiger partial charge in [-0.15, -0.1) is 16.7 Å². The van der Waals surface area contributed by atoms with Gasteiger partial charge >= 0.3 is 5.97 Å². The molecule has 3 rings (SSSR count). The molecule has 0 bridgehead atoms. The summed E-state index contributed by atoms with van der Waals surface area (Å²) in [5.41, 5.74) is -1.57. The van der Waals surface area contributed by atoms with Crippen LogP contribution in [-0.2, 0) is 19.1 Å². The van der Waals surface area contributed by atoms with Crippen molar-refractivity contribution < 1.29 is 23.9 Å². The van der Waals surface area contributed by atoms with Crippen LogP contribution >= 0.6 is 11.8 Å². The minimum atomic E-state index is -1.63. The Morgan fingerprint density at radius 1 is 1.37 bits per heavy atom. The number of amides is 2. The Labute approximate surface area is 159 Å². The Hall–Kier alpha value is -2.62. The minimum absolute atomic E-state index is 0.0581. The Morgan fingerprint density at radius 3 is 2.70 bits per heavy atom. The summed E-state index contributed by atoms with van der Waals surface area (Å²) in [5.74, 6) is -1.44. The first-order valence-electron chi connectivity index (χ1n) is 8.21. The van der Waals surface area contributed by atoms with Gasteiger partial charge in [0.05, 0.1) is 23.7 Å². The van der Waals surface area contributed by atoms with Crippen LogP contribution in [0, 0.1) is 4.91 Å². The third-order valence-corrected chi connectivity index (χ3v) is 6.23. The molecule has 144 valence electrons. The Kier molecular flexibility index (Phi) is 4.85. The molecule has 27 heavy (non-hydrogen) atoms. The topological polar surface area (TPSA) is 114 Å². The zero-order valence-electron chi connectivity index (χ0n) is 15.1. The summed E-state index contributed by atoms with van der Waals surface area (Å²) in [6.07, 6.45) is 0.303. The number of para-hydroxylation sites is 1. The number of esters is 1. The largest absolute Gasteiger partial charge is 0.481 e. The van der Waals surface area contributed by atoms with Crippen LogP contribution in [0.5, 0.6) is 5.75 Å². The number of nitrogens with zero attached hydrogens (tertiary/aromatic N) is 2. The molecule has 2 fully saturated rings. The lowest BCUT2D eigenvalue weighted by Gasteiger charge is -2.46. The van der Waals surface area contributed by atoms with Crippen molar-refractivity contribution in [1.82, 2.24) is 10.2 Å². The van der Waals surface area contributed by atoms with E-state index in [2.05, 4.69) is 10.5 Å². The molecular weight excluding hydrogens is 374 g/mol. The molecule has 2 amide bonds. The van der Waals surface area contributed by atoms with E-state index in [1.165, 1.54) is 35.9 Å². The number of nitroso groups, excluding NO2 is 1. The zero-order chi connectivity index (χ0) is 19.8. The fourth-order valence-corrected chi connectivity index (χ4v) is 5.08. The number of β-lactam (4-membered cyclic amide) rings is 1. The molecule has 0 aromatic heterocycles. The van der Waals surface area contributed by atoms with Crippen LogP contribution in [-0.4, -0.2) is 52.2 Å². The first kappa shape index (κ1) is 19.2. The predicted molar refractivity (Wildman–Crippen MR) is 97.2 cm³/mol. The van der Waals surface area contributed by atoms with Crippen molar-refractivity contribution in [2.24, 2.45) is 5.18 Å². The number of nitrogens with one attached hydrogen (secondary N) is 1. The van der Waals surface area contributed by atoms with Gasteiger partial charge in [0, 0.05) is 0 Å². The van der Waals surface area contributed by atoms with E-state index < -0.39 is 28.9 Å². The monoisotopic (exact) mass is 393 g/mol. The fraction of sp³-hybridized carbons (Fsp3) is 0.471. The van der Waals surface area contributed by atoms with E-state index >= 15 is 0 Å². The second-order valence-corrected chi connectivity index (χ2v) is 8.45. The number of carbonyl (C=O) groups is 3. The summed E-state index contributed by atoms with van der Waals surface area (Å²) in [7, 11) is 1.21. The number of rotatable bonds is 6. The first-order valence-corrected chi connectivity index (χ1v) is 9.09. The van der Waals surface area contributed by atoms with Crippen LogP contribution in [0.4, 0.5) is 5.69 Å². The number of fused-ring (bicyclic) bond motifs is 1. The lowest BCUT2D eigenvalue weighted by atomic mass is 9.89. The molecule has 0 aliphatic carbocycles. The maximum atomic E-state index is 12.7. The molecule has 1 aromatic carbocycles. The molecule has 9 nitrogen and oxygen atoms in total. The number of thioether (sulfide) groups is 1. The highest BCUT2D eigenvalue weighted by Crippen LogP contribution is 2.55. The molecule has 2 atom stereocenters. The van der Waals surface area contributed by atoms with E-state index in [-0.39, 0.29) is 22.7 Å². The molecular formula is C17H19N3O6S. The lowest BCUT2D eigenvalue weighted by Crippen LogP contribution is -2.75. The molecule has 2 heterocycles. The van der Waals surface area contributed by atoms with Gasteiger partial charge < -0.3 is 14.8 Å². The smallest absolute Gasteiger partial charge is 0.354 e. The van der Waals surface area contributed by atoms with E-state index in [1.54, 1.807) is 26.0 Å². The quantitative estimate of drug-likeness (QED) is 0.443. The summed E-state index contributed by atoms with van der Waals surface area (Å²) in [6, 6.07) is 6.21. The Bertz CT molecular complexity index is 814. The van der Waals surface area contributed by atoms with Gasteiger partial charge in [-0.1, -0.05) is 12.1 Å². The number of hydrogen-bond acceptors (Lipinski definition) is 8. The standard InChI is InChI=1S/C17H19N3O6S/c1-16(2)17(15(23)25-3,20-13(22)8-14(20)27-16)18-12(21)9-26-11-7-5-4-6-10(11)19-24/h4-7,14H,8-9H2,1-3H3,(H,18,21)/t14-,17+/m1/s1. The molecule has 0 radical (unpaired) electrons. The SMILES string of the molecule is COC(=O)[C@]1(NC(=O)COc2ccccc2N=O)N2C(=O)C[C@H]2SC1(C)C. The third kappa shape index (κ3) is 2.93. The van der Waals surface area contributed by atoms with E-state index in [0.717, 1.165) is 0 Å². The van der Waals surface area contributed by atoms with Crippen molar-refractivity contribution in [2.75, 3.05) is 13.7 Å². The van der Waals surface area contributed by atoms with Crippen LogP contribution in [0.3, 0.4) is 0 Å². The fourth-order valence-electron chi connectivity index (χ4n) is 3.39. The number of hydrogen-bond donors (Lipinski definition) is 1. The number of methoxy groups -OCH3 is 1. The second-order valence-electron chi connectivity index (χ2n) is 6.65. The van der Waals surface area contributed by atoms with Gasteiger partial charge in [-0.25, -0.2) is 4.79 Å². The maximum Gasteiger partial charge on any atom is 0.354 e. The van der Waals surface area contributed by atoms with Gasteiger partial charge in [-0.2, -0.15) is 0 Å². The molecule has 1 N–H and O–H groups in total. The summed E-state index contributed by atoms with van der Waals surface area (Å²) in [6.45, 7) is 3.08. The third-order valence-electron chi connectivity index (χ3n) is 4.69. The van der Waals surface area contributed by atoms with Crippen LogP contribution < -0.4 is 10.1 Å². The van der Waals surface area contributed by atoms with E-state index in [9.17, 15) is 19.3 Å². The molecule has 2 saturated heterocycles.